The number of hydrogen-bond acceptors (Lipinski definition) is 6. The van der Waals surface area contributed by atoms with Gasteiger partial charge in [-0.05, 0) is 44.2 Å². The van der Waals surface area contributed by atoms with Crippen LogP contribution in [0.3, 0.4) is 0 Å². The highest BCUT2D eigenvalue weighted by Gasteiger charge is 2.24. The molecule has 2 atom stereocenters. The average molecular weight is 403 g/mol. The van der Waals surface area contributed by atoms with Gasteiger partial charge in [0, 0.05) is 30.4 Å². The number of nitro benzene ring substituents is 1. The van der Waals surface area contributed by atoms with E-state index in [0.29, 0.717) is 18.8 Å². The number of amides is 1. The molecule has 29 heavy (non-hydrogen) atoms. The van der Waals surface area contributed by atoms with Crippen LogP contribution in [0.4, 0.5) is 21.5 Å². The standard InChI is InChI=1S/C20H22FN3O5/c1-12-10-23(11-13(2)29-12)17-6-5-15(9-16(17)21)22-20(25)14-4-7-19(28-3)18(8-14)24(26)27/h4-9,12-13H,10-11H2,1-3H3,(H,22,25)/t12-,13-/m1/s1. The molecule has 1 heterocycles. The molecule has 8 nitrogen and oxygen atoms in total. The summed E-state index contributed by atoms with van der Waals surface area (Å²) in [5, 5.41) is 13.7. The van der Waals surface area contributed by atoms with E-state index in [4.69, 9.17) is 9.47 Å². The van der Waals surface area contributed by atoms with Crippen molar-refractivity contribution in [2.24, 2.45) is 0 Å². The first-order chi connectivity index (χ1) is 13.8. The maximum atomic E-state index is 14.7. The molecule has 3 rings (SSSR count). The Labute approximate surface area is 167 Å². The van der Waals surface area contributed by atoms with Gasteiger partial charge in [0.2, 0.25) is 0 Å². The number of carbonyl (C=O) groups is 1. The zero-order valence-electron chi connectivity index (χ0n) is 16.3. The number of rotatable bonds is 5. The third kappa shape index (κ3) is 4.62. The van der Waals surface area contributed by atoms with E-state index >= 15 is 0 Å². The van der Waals surface area contributed by atoms with Gasteiger partial charge in [0.05, 0.1) is 29.9 Å². The van der Waals surface area contributed by atoms with Crippen molar-refractivity contribution in [3.63, 3.8) is 0 Å². The van der Waals surface area contributed by atoms with Gasteiger partial charge >= 0.3 is 5.69 Å². The van der Waals surface area contributed by atoms with Gasteiger partial charge in [-0.15, -0.1) is 0 Å². The van der Waals surface area contributed by atoms with Gasteiger partial charge in [0.25, 0.3) is 5.91 Å². The molecule has 1 N–H and O–H groups in total. The molecule has 0 radical (unpaired) electrons. The summed E-state index contributed by atoms with van der Waals surface area (Å²) < 4.78 is 25.3. The van der Waals surface area contributed by atoms with Crippen LogP contribution in [0.25, 0.3) is 0 Å². The Kier molecular flexibility index (Phi) is 5.97. The highest BCUT2D eigenvalue weighted by molar-refractivity contribution is 6.04. The molecule has 1 aliphatic rings. The first-order valence-electron chi connectivity index (χ1n) is 9.12. The molecule has 2 aromatic carbocycles. The van der Waals surface area contributed by atoms with Crippen LogP contribution in [0.5, 0.6) is 5.75 Å². The van der Waals surface area contributed by atoms with Gasteiger partial charge < -0.3 is 19.7 Å². The van der Waals surface area contributed by atoms with Crippen LogP contribution in [0.15, 0.2) is 36.4 Å². The molecule has 0 spiro atoms. The maximum absolute atomic E-state index is 14.7. The van der Waals surface area contributed by atoms with Gasteiger partial charge in [-0.3, -0.25) is 14.9 Å². The molecule has 1 aliphatic heterocycles. The van der Waals surface area contributed by atoms with Crippen molar-refractivity contribution in [1.29, 1.82) is 0 Å². The fraction of sp³-hybridized carbons (Fsp3) is 0.350. The number of methoxy groups -OCH3 is 1. The second-order valence-electron chi connectivity index (χ2n) is 6.93. The topological polar surface area (TPSA) is 93.9 Å². The van der Waals surface area contributed by atoms with Crippen molar-refractivity contribution in [1.82, 2.24) is 0 Å². The van der Waals surface area contributed by atoms with E-state index < -0.39 is 16.6 Å². The first-order valence-corrected chi connectivity index (χ1v) is 9.12. The normalized spacial score (nSPS) is 19.0. The zero-order chi connectivity index (χ0) is 21.1. The van der Waals surface area contributed by atoms with E-state index in [1.165, 1.54) is 25.3 Å². The number of morpholine rings is 1. The molecule has 0 unspecified atom stereocenters. The van der Waals surface area contributed by atoms with Crippen molar-refractivity contribution < 1.29 is 23.6 Å². The molecule has 1 fully saturated rings. The van der Waals surface area contributed by atoms with Crippen molar-refractivity contribution >= 4 is 23.0 Å². The number of nitro groups is 1. The highest BCUT2D eigenvalue weighted by atomic mass is 19.1. The van der Waals surface area contributed by atoms with E-state index in [1.54, 1.807) is 12.1 Å². The molecule has 154 valence electrons. The monoisotopic (exact) mass is 403 g/mol. The minimum atomic E-state index is -0.631. The lowest BCUT2D eigenvalue weighted by Gasteiger charge is -2.37. The predicted molar refractivity (Wildman–Crippen MR) is 106 cm³/mol. The Morgan fingerprint density at radius 2 is 1.93 bits per heavy atom. The summed E-state index contributed by atoms with van der Waals surface area (Å²) in [6.07, 6.45) is -0.0215. The third-order valence-electron chi connectivity index (χ3n) is 4.60. The number of anilines is 2. The molecule has 1 saturated heterocycles. The molecular weight excluding hydrogens is 381 g/mol. The summed E-state index contributed by atoms with van der Waals surface area (Å²) in [5.41, 5.74) is 0.434. The molecule has 0 aromatic heterocycles. The van der Waals surface area contributed by atoms with Gasteiger partial charge in [-0.25, -0.2) is 4.39 Å². The van der Waals surface area contributed by atoms with Crippen LogP contribution in [0, 0.1) is 15.9 Å². The molecule has 0 bridgehead atoms. The Morgan fingerprint density at radius 3 is 2.52 bits per heavy atom. The van der Waals surface area contributed by atoms with E-state index in [9.17, 15) is 19.3 Å². The van der Waals surface area contributed by atoms with E-state index in [2.05, 4.69) is 5.32 Å². The van der Waals surface area contributed by atoms with Crippen LogP contribution >= 0.6 is 0 Å². The quantitative estimate of drug-likeness (QED) is 0.606. The Morgan fingerprint density at radius 1 is 1.24 bits per heavy atom. The number of hydrogen-bond donors (Lipinski definition) is 1. The fourth-order valence-corrected chi connectivity index (χ4v) is 3.39. The van der Waals surface area contributed by atoms with E-state index in [1.807, 2.05) is 18.7 Å². The Balaban J connectivity index is 1.77. The van der Waals surface area contributed by atoms with Crippen molar-refractivity contribution in [2.45, 2.75) is 26.1 Å². The lowest BCUT2D eigenvalue weighted by atomic mass is 10.1. The third-order valence-corrected chi connectivity index (χ3v) is 4.60. The molecule has 1 amide bonds. The molecule has 2 aromatic rings. The van der Waals surface area contributed by atoms with Crippen molar-refractivity contribution in [3.8, 4) is 5.75 Å². The average Bonchev–Trinajstić information content (AvgIpc) is 2.66. The minimum Gasteiger partial charge on any atom is -0.490 e. The summed E-state index contributed by atoms with van der Waals surface area (Å²) in [5.74, 6) is -1.00. The largest absolute Gasteiger partial charge is 0.490 e. The van der Waals surface area contributed by atoms with Crippen molar-refractivity contribution in [2.75, 3.05) is 30.4 Å². The number of halogens is 1. The van der Waals surface area contributed by atoms with Crippen LogP contribution in [-0.4, -0.2) is 43.2 Å². The number of carbonyl (C=O) groups excluding carboxylic acids is 1. The lowest BCUT2D eigenvalue weighted by molar-refractivity contribution is -0.385. The number of ether oxygens (including phenoxy) is 2. The van der Waals surface area contributed by atoms with Crippen LogP contribution in [0.1, 0.15) is 24.2 Å². The fourth-order valence-electron chi connectivity index (χ4n) is 3.39. The first kappa shape index (κ1) is 20.5. The molecule has 9 heteroatoms. The smallest absolute Gasteiger partial charge is 0.311 e. The Bertz CT molecular complexity index is 926. The number of nitrogens with zero attached hydrogens (tertiary/aromatic N) is 2. The summed E-state index contributed by atoms with van der Waals surface area (Å²) in [6, 6.07) is 8.30. The summed E-state index contributed by atoms with van der Waals surface area (Å²) in [7, 11) is 1.31. The van der Waals surface area contributed by atoms with Gasteiger partial charge in [-0.2, -0.15) is 0 Å². The SMILES string of the molecule is COc1ccc(C(=O)Nc2ccc(N3C[C@@H](C)O[C@H](C)C3)c(F)c2)cc1[N+](=O)[O-]. The minimum absolute atomic E-state index is 0.0107. The van der Waals surface area contributed by atoms with Gasteiger partial charge in [0.1, 0.15) is 5.82 Å². The van der Waals surface area contributed by atoms with Crippen LogP contribution in [-0.2, 0) is 4.74 Å². The molecular formula is C20H22FN3O5. The van der Waals surface area contributed by atoms with E-state index in [-0.39, 0.29) is 34.9 Å². The second kappa shape index (κ2) is 8.44. The molecule has 0 saturated carbocycles. The summed E-state index contributed by atoms with van der Waals surface area (Å²) >= 11 is 0. The van der Waals surface area contributed by atoms with E-state index in [0.717, 1.165) is 6.07 Å². The number of nitrogens with one attached hydrogen (secondary N) is 1. The second-order valence-corrected chi connectivity index (χ2v) is 6.93. The van der Waals surface area contributed by atoms with Crippen LogP contribution < -0.4 is 15.0 Å². The molecule has 0 aliphatic carbocycles. The maximum Gasteiger partial charge on any atom is 0.311 e. The predicted octanol–water partition coefficient (Wildman–Crippen LogP) is 3.61. The zero-order valence-corrected chi connectivity index (χ0v) is 16.3. The highest BCUT2D eigenvalue weighted by Crippen LogP contribution is 2.29. The van der Waals surface area contributed by atoms with Crippen molar-refractivity contribution in [3.05, 3.63) is 57.9 Å². The Hall–Kier alpha value is -3.20. The van der Waals surface area contributed by atoms with Gasteiger partial charge in [0.15, 0.2) is 5.75 Å². The summed E-state index contributed by atoms with van der Waals surface area (Å²) in [6.45, 7) is 5.01. The van der Waals surface area contributed by atoms with Crippen LogP contribution in [0.2, 0.25) is 0 Å². The lowest BCUT2D eigenvalue weighted by Crippen LogP contribution is -2.45. The summed E-state index contributed by atoms with van der Waals surface area (Å²) in [4.78, 5) is 24.9. The number of benzene rings is 2. The van der Waals surface area contributed by atoms with Gasteiger partial charge in [-0.1, -0.05) is 0 Å².